The number of ether oxygens (including phenoxy) is 3. The molecule has 3 aliphatic rings. The number of amides is 1. The SMILES string of the molecule is Cc1cc2c(cc1C(=O)N[C@H]1C[C@H]3CO[C@@H](C)CN3C1)OCCO2. The fourth-order valence-corrected chi connectivity index (χ4v) is 3.84. The maximum Gasteiger partial charge on any atom is 0.251 e. The highest BCUT2D eigenvalue weighted by Crippen LogP contribution is 2.33. The van der Waals surface area contributed by atoms with E-state index in [0.29, 0.717) is 30.6 Å². The highest BCUT2D eigenvalue weighted by Gasteiger charge is 2.37. The Kier molecular flexibility index (Phi) is 4.10. The van der Waals surface area contributed by atoms with Crippen molar-refractivity contribution in [1.82, 2.24) is 10.2 Å². The molecular weight excluding hydrogens is 308 g/mol. The topological polar surface area (TPSA) is 60.0 Å². The molecule has 0 saturated carbocycles. The molecule has 0 aliphatic carbocycles. The Bertz CT molecular complexity index is 648. The minimum Gasteiger partial charge on any atom is -0.486 e. The minimum atomic E-state index is -0.0386. The second-order valence-corrected chi connectivity index (χ2v) is 6.97. The second-order valence-electron chi connectivity index (χ2n) is 6.97. The van der Waals surface area contributed by atoms with Crippen molar-refractivity contribution < 1.29 is 19.0 Å². The van der Waals surface area contributed by atoms with Crippen LogP contribution in [0, 0.1) is 6.92 Å². The van der Waals surface area contributed by atoms with Crippen LogP contribution in [0.4, 0.5) is 0 Å². The predicted molar refractivity (Wildman–Crippen MR) is 88.8 cm³/mol. The zero-order chi connectivity index (χ0) is 16.7. The van der Waals surface area contributed by atoms with Crippen LogP contribution in [0.1, 0.15) is 29.3 Å². The molecule has 1 amide bonds. The van der Waals surface area contributed by atoms with Crippen LogP contribution < -0.4 is 14.8 Å². The average molecular weight is 332 g/mol. The van der Waals surface area contributed by atoms with Crippen molar-refractivity contribution in [2.24, 2.45) is 0 Å². The predicted octanol–water partition coefficient (Wildman–Crippen LogP) is 1.36. The second kappa shape index (κ2) is 6.26. The molecule has 2 fully saturated rings. The maximum absolute atomic E-state index is 12.7. The molecule has 3 heterocycles. The van der Waals surface area contributed by atoms with Gasteiger partial charge in [0.2, 0.25) is 0 Å². The summed E-state index contributed by atoms with van der Waals surface area (Å²) in [5.41, 5.74) is 1.57. The first kappa shape index (κ1) is 15.7. The van der Waals surface area contributed by atoms with Crippen LogP contribution in [-0.4, -0.2) is 61.9 Å². The van der Waals surface area contributed by atoms with Crippen molar-refractivity contribution in [3.8, 4) is 11.5 Å². The third-order valence-corrected chi connectivity index (χ3v) is 5.06. The first-order valence-electron chi connectivity index (χ1n) is 8.67. The van der Waals surface area contributed by atoms with Gasteiger partial charge < -0.3 is 19.5 Å². The lowest BCUT2D eigenvalue weighted by molar-refractivity contribution is -0.0390. The monoisotopic (exact) mass is 332 g/mol. The van der Waals surface area contributed by atoms with Crippen LogP contribution in [-0.2, 0) is 4.74 Å². The number of hydrogen-bond acceptors (Lipinski definition) is 5. The van der Waals surface area contributed by atoms with E-state index in [4.69, 9.17) is 14.2 Å². The lowest BCUT2D eigenvalue weighted by atomic mass is 10.1. The number of fused-ring (bicyclic) bond motifs is 2. The van der Waals surface area contributed by atoms with Gasteiger partial charge in [-0.2, -0.15) is 0 Å². The smallest absolute Gasteiger partial charge is 0.251 e. The molecule has 3 aliphatic heterocycles. The minimum absolute atomic E-state index is 0.0386. The van der Waals surface area contributed by atoms with Gasteiger partial charge >= 0.3 is 0 Å². The summed E-state index contributed by atoms with van der Waals surface area (Å²) in [5, 5.41) is 3.18. The standard InChI is InChI=1S/C18H24N2O4/c1-11-5-16-17(23-4-3-22-16)7-15(11)18(21)19-13-6-14-10-24-12(2)8-20(14)9-13/h5,7,12-14H,3-4,6,8-10H2,1-2H3,(H,19,21)/t12-,13-,14-/m0/s1. The molecule has 0 radical (unpaired) electrons. The van der Waals surface area contributed by atoms with Crippen molar-refractivity contribution in [2.75, 3.05) is 32.9 Å². The molecule has 4 rings (SSSR count). The summed E-state index contributed by atoms with van der Waals surface area (Å²) in [6.07, 6.45) is 1.22. The molecule has 24 heavy (non-hydrogen) atoms. The van der Waals surface area contributed by atoms with E-state index in [-0.39, 0.29) is 18.1 Å². The van der Waals surface area contributed by atoms with Gasteiger partial charge in [-0.1, -0.05) is 0 Å². The molecule has 0 unspecified atom stereocenters. The molecule has 0 aromatic heterocycles. The van der Waals surface area contributed by atoms with E-state index < -0.39 is 0 Å². The highest BCUT2D eigenvalue weighted by molar-refractivity contribution is 5.96. The molecule has 0 spiro atoms. The van der Waals surface area contributed by atoms with Crippen molar-refractivity contribution >= 4 is 5.91 Å². The van der Waals surface area contributed by atoms with Crippen LogP contribution >= 0.6 is 0 Å². The summed E-state index contributed by atoms with van der Waals surface area (Å²) in [4.78, 5) is 15.1. The van der Waals surface area contributed by atoms with Gasteiger partial charge in [-0.15, -0.1) is 0 Å². The van der Waals surface area contributed by atoms with E-state index in [1.807, 2.05) is 13.0 Å². The molecule has 1 aromatic rings. The van der Waals surface area contributed by atoms with E-state index in [9.17, 15) is 4.79 Å². The molecule has 0 bridgehead atoms. The summed E-state index contributed by atoms with van der Waals surface area (Å²) >= 11 is 0. The van der Waals surface area contributed by atoms with Crippen molar-refractivity contribution in [1.29, 1.82) is 0 Å². The number of carbonyl (C=O) groups is 1. The molecule has 2 saturated heterocycles. The Morgan fingerprint density at radius 1 is 1.21 bits per heavy atom. The lowest BCUT2D eigenvalue weighted by Crippen LogP contribution is -2.45. The molecule has 1 N–H and O–H groups in total. The number of nitrogens with zero attached hydrogens (tertiary/aromatic N) is 1. The summed E-state index contributed by atoms with van der Waals surface area (Å²) < 4.78 is 16.9. The molecule has 3 atom stereocenters. The van der Waals surface area contributed by atoms with Gasteiger partial charge in [0.15, 0.2) is 11.5 Å². The van der Waals surface area contributed by atoms with Crippen LogP contribution in [0.2, 0.25) is 0 Å². The van der Waals surface area contributed by atoms with Gasteiger partial charge in [-0.3, -0.25) is 9.69 Å². The fraction of sp³-hybridized carbons (Fsp3) is 0.611. The van der Waals surface area contributed by atoms with Gasteiger partial charge in [0.1, 0.15) is 13.2 Å². The molecular formula is C18H24N2O4. The normalized spacial score (nSPS) is 29.2. The van der Waals surface area contributed by atoms with Crippen LogP contribution in [0.5, 0.6) is 11.5 Å². The van der Waals surface area contributed by atoms with Crippen molar-refractivity contribution in [3.63, 3.8) is 0 Å². The number of carbonyl (C=O) groups excluding carboxylic acids is 1. The number of rotatable bonds is 2. The fourth-order valence-electron chi connectivity index (χ4n) is 3.84. The van der Waals surface area contributed by atoms with Gasteiger partial charge in [0.25, 0.3) is 5.91 Å². The number of benzene rings is 1. The third-order valence-electron chi connectivity index (χ3n) is 5.06. The van der Waals surface area contributed by atoms with Crippen LogP contribution in [0.25, 0.3) is 0 Å². The Morgan fingerprint density at radius 2 is 1.96 bits per heavy atom. The van der Waals surface area contributed by atoms with Crippen LogP contribution in [0.3, 0.4) is 0 Å². The lowest BCUT2D eigenvalue weighted by Gasteiger charge is -2.33. The van der Waals surface area contributed by atoms with E-state index in [2.05, 4.69) is 17.1 Å². The van der Waals surface area contributed by atoms with E-state index >= 15 is 0 Å². The van der Waals surface area contributed by atoms with E-state index in [1.165, 1.54) is 0 Å². The zero-order valence-corrected chi connectivity index (χ0v) is 14.2. The summed E-state index contributed by atoms with van der Waals surface area (Å²) in [7, 11) is 0. The molecule has 6 nitrogen and oxygen atoms in total. The van der Waals surface area contributed by atoms with E-state index in [1.54, 1.807) is 6.07 Å². The first-order valence-corrected chi connectivity index (χ1v) is 8.67. The number of aryl methyl sites for hydroxylation is 1. The Morgan fingerprint density at radius 3 is 2.75 bits per heavy atom. The molecule has 6 heteroatoms. The number of nitrogens with one attached hydrogen (secondary N) is 1. The largest absolute Gasteiger partial charge is 0.486 e. The Labute approximate surface area is 142 Å². The van der Waals surface area contributed by atoms with Crippen molar-refractivity contribution in [2.45, 2.75) is 38.5 Å². The summed E-state index contributed by atoms with van der Waals surface area (Å²) in [6.45, 7) is 7.71. The maximum atomic E-state index is 12.7. The quantitative estimate of drug-likeness (QED) is 0.886. The molecule has 130 valence electrons. The van der Waals surface area contributed by atoms with Gasteiger partial charge in [0, 0.05) is 30.7 Å². The van der Waals surface area contributed by atoms with Crippen molar-refractivity contribution in [3.05, 3.63) is 23.3 Å². The Hall–Kier alpha value is -1.79. The molecule has 1 aromatic carbocycles. The Balaban J connectivity index is 1.45. The highest BCUT2D eigenvalue weighted by atomic mass is 16.6. The van der Waals surface area contributed by atoms with Gasteiger partial charge in [-0.25, -0.2) is 0 Å². The zero-order valence-electron chi connectivity index (χ0n) is 14.2. The summed E-state index contributed by atoms with van der Waals surface area (Å²) in [5.74, 6) is 1.34. The number of hydrogen-bond donors (Lipinski definition) is 1. The van der Waals surface area contributed by atoms with Gasteiger partial charge in [0.05, 0.1) is 12.7 Å². The first-order chi connectivity index (χ1) is 11.6. The number of morpholine rings is 1. The van der Waals surface area contributed by atoms with Gasteiger partial charge in [-0.05, 0) is 38.0 Å². The van der Waals surface area contributed by atoms with E-state index in [0.717, 1.165) is 37.4 Å². The van der Waals surface area contributed by atoms with Crippen LogP contribution in [0.15, 0.2) is 12.1 Å². The third kappa shape index (κ3) is 2.96. The summed E-state index contributed by atoms with van der Waals surface area (Å²) in [6, 6.07) is 4.28. The average Bonchev–Trinajstić information content (AvgIpc) is 2.95.